The van der Waals surface area contributed by atoms with Crippen molar-refractivity contribution in [3.8, 4) is 0 Å². The van der Waals surface area contributed by atoms with E-state index in [1.54, 1.807) is 0 Å². The van der Waals surface area contributed by atoms with Gasteiger partial charge in [-0.05, 0) is 42.9 Å². The van der Waals surface area contributed by atoms with Gasteiger partial charge in [0.15, 0.2) is 0 Å². The van der Waals surface area contributed by atoms with E-state index < -0.39 is 0 Å². The molecule has 2 aliphatic rings. The van der Waals surface area contributed by atoms with Crippen LogP contribution in [-0.2, 0) is 16.1 Å². The highest BCUT2D eigenvalue weighted by Gasteiger charge is 2.23. The molecule has 1 saturated heterocycles. The molecule has 1 fully saturated rings. The highest BCUT2D eigenvalue weighted by Crippen LogP contribution is 2.25. The van der Waals surface area contributed by atoms with E-state index in [2.05, 4.69) is 53.6 Å². The van der Waals surface area contributed by atoms with Gasteiger partial charge >= 0.3 is 0 Å². The van der Waals surface area contributed by atoms with Crippen molar-refractivity contribution in [2.75, 3.05) is 24.6 Å². The number of benzene rings is 1. The molecule has 4 heteroatoms. The lowest BCUT2D eigenvalue weighted by Gasteiger charge is -2.28. The first-order chi connectivity index (χ1) is 11.7. The summed E-state index contributed by atoms with van der Waals surface area (Å²) in [5, 5.41) is 3.08. The molecule has 0 spiro atoms. The van der Waals surface area contributed by atoms with Crippen LogP contribution in [0.25, 0.3) is 0 Å². The number of hydrogen-bond donors (Lipinski definition) is 1. The van der Waals surface area contributed by atoms with Crippen LogP contribution in [0.2, 0.25) is 0 Å². The number of carbonyl (C=O) groups excluding carboxylic acids is 1. The average molecular weight is 328 g/mol. The van der Waals surface area contributed by atoms with Crippen LogP contribution >= 0.6 is 0 Å². The summed E-state index contributed by atoms with van der Waals surface area (Å²) in [5.41, 5.74) is 2.38. The van der Waals surface area contributed by atoms with Crippen LogP contribution in [0.5, 0.6) is 0 Å². The zero-order valence-corrected chi connectivity index (χ0v) is 14.5. The van der Waals surface area contributed by atoms with Gasteiger partial charge in [0, 0.05) is 38.3 Å². The zero-order valence-electron chi connectivity index (χ0n) is 14.5. The standard InChI is InChI=1S/C20H28N2O2/c1-2-19-13-16(8-11-24-19)14-20(23)21-15-17-6-5-7-18(12-17)22-9-3-4-10-22/h3-7,12,16,19H,2,8-11,13-15H2,1H3,(H,21,23)/t16-,19+/m1/s1. The Balaban J connectivity index is 1.46. The Morgan fingerprint density at radius 1 is 1.33 bits per heavy atom. The van der Waals surface area contributed by atoms with Gasteiger partial charge in [-0.15, -0.1) is 0 Å². The van der Waals surface area contributed by atoms with Crippen LogP contribution in [0.15, 0.2) is 36.4 Å². The molecule has 0 unspecified atom stereocenters. The molecule has 2 aliphatic heterocycles. The van der Waals surface area contributed by atoms with Gasteiger partial charge < -0.3 is 15.0 Å². The summed E-state index contributed by atoms with van der Waals surface area (Å²) in [6.45, 7) is 5.49. The third-order valence-corrected chi connectivity index (χ3v) is 4.99. The van der Waals surface area contributed by atoms with Crippen LogP contribution in [-0.4, -0.2) is 31.7 Å². The summed E-state index contributed by atoms with van der Waals surface area (Å²) in [6.07, 6.45) is 8.38. The Bertz CT molecular complexity index is 577. The second kappa shape index (κ2) is 8.34. The number of nitrogens with zero attached hydrogens (tertiary/aromatic N) is 1. The minimum absolute atomic E-state index is 0.157. The van der Waals surface area contributed by atoms with Gasteiger partial charge in [0.05, 0.1) is 6.10 Å². The molecule has 0 radical (unpaired) electrons. The van der Waals surface area contributed by atoms with E-state index >= 15 is 0 Å². The maximum atomic E-state index is 12.2. The SMILES string of the molecule is CC[C@H]1C[C@H](CC(=O)NCc2cccc(N3CC=CC3)c2)CCO1. The Hall–Kier alpha value is -1.81. The molecular formula is C20H28N2O2. The monoisotopic (exact) mass is 328 g/mol. The minimum Gasteiger partial charge on any atom is -0.378 e. The number of amides is 1. The van der Waals surface area contributed by atoms with Crippen molar-refractivity contribution in [2.24, 2.45) is 5.92 Å². The maximum Gasteiger partial charge on any atom is 0.220 e. The van der Waals surface area contributed by atoms with E-state index in [9.17, 15) is 4.79 Å². The molecule has 0 bridgehead atoms. The molecule has 0 saturated carbocycles. The first-order valence-corrected chi connectivity index (χ1v) is 9.11. The van der Waals surface area contributed by atoms with E-state index in [1.807, 2.05) is 0 Å². The van der Waals surface area contributed by atoms with Gasteiger partial charge in [0.1, 0.15) is 0 Å². The molecule has 1 aromatic rings. The quantitative estimate of drug-likeness (QED) is 0.815. The summed E-state index contributed by atoms with van der Waals surface area (Å²) < 4.78 is 5.69. The largest absolute Gasteiger partial charge is 0.378 e. The summed E-state index contributed by atoms with van der Waals surface area (Å²) in [6, 6.07) is 8.45. The molecule has 1 aromatic carbocycles. The van der Waals surface area contributed by atoms with E-state index in [4.69, 9.17) is 4.74 Å². The molecule has 0 aliphatic carbocycles. The van der Waals surface area contributed by atoms with E-state index in [0.717, 1.165) is 44.5 Å². The van der Waals surface area contributed by atoms with Crippen LogP contribution in [0.3, 0.4) is 0 Å². The molecule has 2 atom stereocenters. The summed E-state index contributed by atoms with van der Waals surface area (Å²) >= 11 is 0. The predicted octanol–water partition coefficient (Wildman–Crippen LogP) is 3.27. The summed E-state index contributed by atoms with van der Waals surface area (Å²) in [4.78, 5) is 14.6. The van der Waals surface area contributed by atoms with Crippen molar-refractivity contribution in [3.63, 3.8) is 0 Å². The van der Waals surface area contributed by atoms with Crippen molar-refractivity contribution in [1.82, 2.24) is 5.32 Å². The Morgan fingerprint density at radius 3 is 2.96 bits per heavy atom. The number of ether oxygens (including phenoxy) is 1. The lowest BCUT2D eigenvalue weighted by Crippen LogP contribution is -2.30. The van der Waals surface area contributed by atoms with Gasteiger partial charge in [-0.2, -0.15) is 0 Å². The van der Waals surface area contributed by atoms with E-state index in [0.29, 0.717) is 25.0 Å². The summed E-state index contributed by atoms with van der Waals surface area (Å²) in [5.74, 6) is 0.621. The van der Waals surface area contributed by atoms with Crippen LogP contribution < -0.4 is 10.2 Å². The molecule has 1 N–H and O–H groups in total. The lowest BCUT2D eigenvalue weighted by atomic mass is 9.91. The first kappa shape index (κ1) is 17.0. The number of rotatable bonds is 6. The van der Waals surface area contributed by atoms with Gasteiger partial charge in [0.2, 0.25) is 5.91 Å². The van der Waals surface area contributed by atoms with Gasteiger partial charge in [-0.1, -0.05) is 31.2 Å². The smallest absolute Gasteiger partial charge is 0.220 e. The van der Waals surface area contributed by atoms with Crippen LogP contribution in [0.4, 0.5) is 5.69 Å². The van der Waals surface area contributed by atoms with Crippen molar-refractivity contribution in [1.29, 1.82) is 0 Å². The number of hydrogen-bond acceptors (Lipinski definition) is 3. The molecule has 3 rings (SSSR count). The highest BCUT2D eigenvalue weighted by atomic mass is 16.5. The van der Waals surface area contributed by atoms with Gasteiger partial charge in [-0.25, -0.2) is 0 Å². The van der Waals surface area contributed by atoms with Crippen LogP contribution in [0, 0.1) is 5.92 Å². The normalized spacial score (nSPS) is 23.5. The topological polar surface area (TPSA) is 41.6 Å². The maximum absolute atomic E-state index is 12.2. The fourth-order valence-corrected chi connectivity index (χ4v) is 3.52. The fraction of sp³-hybridized carbons (Fsp3) is 0.550. The first-order valence-electron chi connectivity index (χ1n) is 9.11. The third kappa shape index (κ3) is 4.60. The second-order valence-corrected chi connectivity index (χ2v) is 6.82. The average Bonchev–Trinajstić information content (AvgIpc) is 3.15. The van der Waals surface area contributed by atoms with Crippen LogP contribution in [0.1, 0.15) is 38.2 Å². The minimum atomic E-state index is 0.157. The fourth-order valence-electron chi connectivity index (χ4n) is 3.52. The van der Waals surface area contributed by atoms with Crippen molar-refractivity contribution in [3.05, 3.63) is 42.0 Å². The highest BCUT2D eigenvalue weighted by molar-refractivity contribution is 5.76. The predicted molar refractivity (Wildman–Crippen MR) is 97.0 cm³/mol. The number of carbonyl (C=O) groups is 1. The molecule has 130 valence electrons. The Labute approximate surface area is 144 Å². The molecule has 2 heterocycles. The molecular weight excluding hydrogens is 300 g/mol. The second-order valence-electron chi connectivity index (χ2n) is 6.82. The van der Waals surface area contributed by atoms with Gasteiger partial charge in [0.25, 0.3) is 0 Å². The van der Waals surface area contributed by atoms with E-state index in [-0.39, 0.29) is 5.91 Å². The molecule has 24 heavy (non-hydrogen) atoms. The van der Waals surface area contributed by atoms with Crippen molar-refractivity contribution >= 4 is 11.6 Å². The number of nitrogens with one attached hydrogen (secondary N) is 1. The zero-order chi connectivity index (χ0) is 16.8. The van der Waals surface area contributed by atoms with Gasteiger partial charge in [-0.3, -0.25) is 4.79 Å². The molecule has 0 aromatic heterocycles. The van der Waals surface area contributed by atoms with Crippen molar-refractivity contribution < 1.29 is 9.53 Å². The molecule has 1 amide bonds. The summed E-state index contributed by atoms with van der Waals surface area (Å²) in [7, 11) is 0. The van der Waals surface area contributed by atoms with Crippen molar-refractivity contribution in [2.45, 2.75) is 45.3 Å². The van der Waals surface area contributed by atoms with E-state index in [1.165, 1.54) is 5.69 Å². The number of anilines is 1. The third-order valence-electron chi connectivity index (χ3n) is 4.99. The lowest BCUT2D eigenvalue weighted by molar-refractivity contribution is -0.123. The molecule has 4 nitrogen and oxygen atoms in total. The Kier molecular flexibility index (Phi) is 5.91. The Morgan fingerprint density at radius 2 is 2.17 bits per heavy atom.